The molecule has 5 rings (SSSR count). The Morgan fingerprint density at radius 3 is 2.26 bits per heavy atom. The monoisotopic (exact) mass is 524 g/mol. The molecule has 39 heavy (non-hydrogen) atoms. The fourth-order valence-electron chi connectivity index (χ4n) is 5.35. The number of methoxy groups -OCH3 is 1. The van der Waals surface area contributed by atoms with Gasteiger partial charge in [-0.2, -0.15) is 0 Å². The second-order valence-electron chi connectivity index (χ2n) is 10.5. The molecule has 204 valence electrons. The fourth-order valence-corrected chi connectivity index (χ4v) is 5.35. The van der Waals surface area contributed by atoms with Crippen LogP contribution in [0.5, 0.6) is 5.75 Å². The molecule has 0 amide bonds. The highest BCUT2D eigenvalue weighted by atomic mass is 16.5. The van der Waals surface area contributed by atoms with Crippen molar-refractivity contribution in [3.63, 3.8) is 0 Å². The Morgan fingerprint density at radius 1 is 0.846 bits per heavy atom. The number of hydrogen-bond donors (Lipinski definition) is 1. The molecule has 0 saturated carbocycles. The lowest BCUT2D eigenvalue weighted by molar-refractivity contribution is 0.103. The van der Waals surface area contributed by atoms with Crippen molar-refractivity contribution < 1.29 is 4.74 Å². The predicted octanol–water partition coefficient (Wildman–Crippen LogP) is 4.91. The minimum Gasteiger partial charge on any atom is -0.497 e. The van der Waals surface area contributed by atoms with Crippen LogP contribution in [0, 0.1) is 0 Å². The van der Waals surface area contributed by atoms with Crippen LogP contribution in [0.1, 0.15) is 29.4 Å². The van der Waals surface area contributed by atoms with Gasteiger partial charge in [0.05, 0.1) is 25.2 Å². The summed E-state index contributed by atoms with van der Waals surface area (Å²) in [5.41, 5.74) is 3.61. The van der Waals surface area contributed by atoms with Crippen LogP contribution in [0.15, 0.2) is 78.9 Å². The first kappa shape index (κ1) is 27.1. The minimum atomic E-state index is 0.217. The number of anilines is 1. The quantitative estimate of drug-likeness (QED) is 0.280. The maximum atomic E-state index is 5.40. The summed E-state index contributed by atoms with van der Waals surface area (Å²) < 4.78 is 5.40. The first-order chi connectivity index (χ1) is 19.1. The lowest BCUT2D eigenvalue weighted by Crippen LogP contribution is -2.47. The molecule has 4 aromatic rings. The highest BCUT2D eigenvalue weighted by Crippen LogP contribution is 2.31. The molecule has 1 atom stereocenters. The molecule has 3 aromatic carbocycles. The van der Waals surface area contributed by atoms with E-state index in [4.69, 9.17) is 14.7 Å². The summed E-state index contributed by atoms with van der Waals surface area (Å²) >= 11 is 0. The molecule has 0 spiro atoms. The van der Waals surface area contributed by atoms with Gasteiger partial charge in [0.1, 0.15) is 17.4 Å². The molecule has 1 saturated heterocycles. The number of hydrogen-bond acceptors (Lipinski definition) is 7. The maximum absolute atomic E-state index is 5.40. The number of nitrogens with zero attached hydrogens (tertiary/aromatic N) is 5. The van der Waals surface area contributed by atoms with Crippen LogP contribution in [-0.4, -0.2) is 85.1 Å². The van der Waals surface area contributed by atoms with E-state index in [1.54, 1.807) is 7.11 Å². The van der Waals surface area contributed by atoms with E-state index in [-0.39, 0.29) is 6.04 Å². The smallest absolute Gasteiger partial charge is 0.145 e. The summed E-state index contributed by atoms with van der Waals surface area (Å²) in [6.07, 6.45) is 1.07. The van der Waals surface area contributed by atoms with Crippen LogP contribution in [0.25, 0.3) is 10.9 Å². The zero-order valence-electron chi connectivity index (χ0n) is 23.4. The van der Waals surface area contributed by atoms with Gasteiger partial charge in [-0.15, -0.1) is 0 Å². The second-order valence-corrected chi connectivity index (χ2v) is 10.5. The molecule has 1 fully saturated rings. The molecule has 0 aliphatic carbocycles. The van der Waals surface area contributed by atoms with Gasteiger partial charge in [-0.05, 0) is 62.5 Å². The van der Waals surface area contributed by atoms with Crippen LogP contribution in [0.3, 0.4) is 0 Å². The number of fused-ring (bicyclic) bond motifs is 1. The van der Waals surface area contributed by atoms with E-state index in [0.29, 0.717) is 0 Å². The van der Waals surface area contributed by atoms with E-state index >= 15 is 0 Å². The molecule has 7 nitrogen and oxygen atoms in total. The third kappa shape index (κ3) is 6.92. The van der Waals surface area contributed by atoms with E-state index in [9.17, 15) is 0 Å². The molecule has 0 bridgehead atoms. The molecule has 1 N–H and O–H groups in total. The Labute approximate surface area is 232 Å². The molecule has 7 heteroatoms. The Balaban J connectivity index is 1.28. The van der Waals surface area contributed by atoms with Crippen LogP contribution in [-0.2, 0) is 6.54 Å². The normalized spacial score (nSPS) is 15.5. The molecule has 2 heterocycles. The van der Waals surface area contributed by atoms with Gasteiger partial charge in [0.15, 0.2) is 0 Å². The van der Waals surface area contributed by atoms with Crippen molar-refractivity contribution in [2.24, 2.45) is 0 Å². The van der Waals surface area contributed by atoms with Crippen LogP contribution < -0.4 is 10.1 Å². The first-order valence-corrected chi connectivity index (χ1v) is 13.9. The topological polar surface area (TPSA) is 56.8 Å². The van der Waals surface area contributed by atoms with Crippen molar-refractivity contribution in [1.29, 1.82) is 0 Å². The summed E-state index contributed by atoms with van der Waals surface area (Å²) in [5, 5.41) is 4.66. The minimum absolute atomic E-state index is 0.217. The molecule has 0 radical (unpaired) electrons. The molecule has 1 aromatic heterocycles. The maximum Gasteiger partial charge on any atom is 0.145 e. The number of nitrogens with one attached hydrogen (secondary N) is 1. The summed E-state index contributed by atoms with van der Waals surface area (Å²) in [5.74, 6) is 2.71. The lowest BCUT2D eigenvalue weighted by atomic mass is 9.96. The van der Waals surface area contributed by atoms with Crippen molar-refractivity contribution in [3.8, 4) is 5.75 Å². The van der Waals surface area contributed by atoms with Crippen molar-refractivity contribution in [1.82, 2.24) is 24.7 Å². The van der Waals surface area contributed by atoms with Crippen molar-refractivity contribution >= 4 is 16.7 Å². The first-order valence-electron chi connectivity index (χ1n) is 13.9. The predicted molar refractivity (Wildman–Crippen MR) is 159 cm³/mol. The highest BCUT2D eigenvalue weighted by Gasteiger charge is 2.27. The van der Waals surface area contributed by atoms with Crippen molar-refractivity contribution in [3.05, 3.63) is 95.8 Å². The van der Waals surface area contributed by atoms with E-state index in [1.807, 2.05) is 0 Å². The third-order valence-corrected chi connectivity index (χ3v) is 7.41. The molecule has 1 aliphatic heterocycles. The zero-order chi connectivity index (χ0) is 27.0. The largest absolute Gasteiger partial charge is 0.497 e. The summed E-state index contributed by atoms with van der Waals surface area (Å²) in [7, 11) is 5.93. The van der Waals surface area contributed by atoms with Gasteiger partial charge >= 0.3 is 0 Å². The van der Waals surface area contributed by atoms with E-state index in [0.717, 1.165) is 80.5 Å². The Hall–Kier alpha value is -3.52. The SMILES string of the molecule is COc1ccc(C(c2ccccc2)N2CCN(Cc3nc(NCCCN(C)C)c4ccccc4n3)CC2)cc1. The van der Waals surface area contributed by atoms with Gasteiger partial charge in [0, 0.05) is 38.1 Å². The van der Waals surface area contributed by atoms with Gasteiger partial charge in [-0.25, -0.2) is 9.97 Å². The van der Waals surface area contributed by atoms with Gasteiger partial charge < -0.3 is 15.0 Å². The Kier molecular flexibility index (Phi) is 9.04. The van der Waals surface area contributed by atoms with E-state index < -0.39 is 0 Å². The molecular weight excluding hydrogens is 484 g/mol. The lowest BCUT2D eigenvalue weighted by Gasteiger charge is -2.39. The van der Waals surface area contributed by atoms with E-state index in [1.165, 1.54) is 11.1 Å². The average molecular weight is 525 g/mol. The number of piperazine rings is 1. The van der Waals surface area contributed by atoms with Gasteiger partial charge in [-0.3, -0.25) is 9.80 Å². The van der Waals surface area contributed by atoms with Gasteiger partial charge in [0.2, 0.25) is 0 Å². The summed E-state index contributed by atoms with van der Waals surface area (Å²) in [6, 6.07) is 27.8. The van der Waals surface area contributed by atoms with Crippen molar-refractivity contribution in [2.45, 2.75) is 19.0 Å². The molecule has 1 aliphatic rings. The van der Waals surface area contributed by atoms with Crippen LogP contribution in [0.2, 0.25) is 0 Å². The standard InChI is InChI=1S/C32H40N6O/c1-36(2)19-9-18-33-32-28-12-7-8-13-29(28)34-30(35-32)24-37-20-22-38(23-21-37)31(25-10-5-4-6-11-25)26-14-16-27(39-3)17-15-26/h4-8,10-17,31H,9,18-24H2,1-3H3,(H,33,34,35). The van der Waals surface area contributed by atoms with E-state index in [2.05, 4.69) is 113 Å². The highest BCUT2D eigenvalue weighted by molar-refractivity contribution is 5.88. The van der Waals surface area contributed by atoms with Gasteiger partial charge in [-0.1, -0.05) is 54.6 Å². The number of aromatic nitrogens is 2. The molecular formula is C32H40N6O. The second kappa shape index (κ2) is 13.0. The van der Waals surface area contributed by atoms with Gasteiger partial charge in [0.25, 0.3) is 0 Å². The number of para-hydroxylation sites is 1. The number of benzene rings is 3. The number of ether oxygens (including phenoxy) is 1. The number of rotatable bonds is 11. The summed E-state index contributed by atoms with van der Waals surface area (Å²) in [6.45, 7) is 6.60. The molecule has 1 unspecified atom stereocenters. The third-order valence-electron chi connectivity index (χ3n) is 7.41. The van der Waals surface area contributed by atoms with Crippen molar-refractivity contribution in [2.75, 3.05) is 65.8 Å². The Morgan fingerprint density at radius 2 is 1.54 bits per heavy atom. The Bertz CT molecular complexity index is 1320. The van der Waals surface area contributed by atoms with Crippen LogP contribution in [0.4, 0.5) is 5.82 Å². The fraction of sp³-hybridized carbons (Fsp3) is 0.375. The average Bonchev–Trinajstić information content (AvgIpc) is 2.97. The zero-order valence-corrected chi connectivity index (χ0v) is 23.4. The summed E-state index contributed by atoms with van der Waals surface area (Å²) in [4.78, 5) is 17.2. The van der Waals surface area contributed by atoms with Crippen LogP contribution >= 0.6 is 0 Å².